The van der Waals surface area contributed by atoms with Crippen LogP contribution >= 0.6 is 0 Å². The molecule has 0 aliphatic rings. The van der Waals surface area contributed by atoms with Crippen molar-refractivity contribution in [2.75, 3.05) is 0 Å². The van der Waals surface area contributed by atoms with Crippen molar-refractivity contribution in [3.63, 3.8) is 0 Å². The molecule has 3 heteroatoms. The highest BCUT2D eigenvalue weighted by Gasteiger charge is 2.08. The van der Waals surface area contributed by atoms with Gasteiger partial charge in [0.25, 0.3) is 0 Å². The van der Waals surface area contributed by atoms with Gasteiger partial charge in [0.15, 0.2) is 5.78 Å². The van der Waals surface area contributed by atoms with E-state index in [9.17, 15) is 9.18 Å². The molecule has 0 saturated carbocycles. The Kier molecular flexibility index (Phi) is 3.17. The average molecular weight is 265 g/mol. The molecule has 0 atom stereocenters. The Labute approximate surface area is 115 Å². The minimum absolute atomic E-state index is 0.0771. The van der Waals surface area contributed by atoms with Gasteiger partial charge in [0.1, 0.15) is 5.82 Å². The average Bonchev–Trinajstić information content (AvgIpc) is 2.90. The third-order valence-electron chi connectivity index (χ3n) is 3.15. The van der Waals surface area contributed by atoms with Crippen LogP contribution in [-0.4, -0.2) is 10.8 Å². The number of nitrogens with one attached hydrogen (secondary N) is 1. The summed E-state index contributed by atoms with van der Waals surface area (Å²) in [5.41, 5.74) is 2.37. The SMILES string of the molecule is O=C(/C=C/c1ccc(F)cc1)c1c[nH]c2ccccc12. The number of rotatable bonds is 3. The van der Waals surface area contributed by atoms with Crippen LogP contribution in [0.3, 0.4) is 0 Å². The quantitative estimate of drug-likeness (QED) is 0.558. The summed E-state index contributed by atoms with van der Waals surface area (Å²) in [6, 6.07) is 13.7. The number of halogens is 1. The normalized spacial score (nSPS) is 11.2. The minimum atomic E-state index is -0.287. The zero-order valence-corrected chi connectivity index (χ0v) is 10.6. The van der Waals surface area contributed by atoms with E-state index in [1.165, 1.54) is 18.2 Å². The van der Waals surface area contributed by atoms with Gasteiger partial charge in [-0.15, -0.1) is 0 Å². The summed E-state index contributed by atoms with van der Waals surface area (Å²) >= 11 is 0. The smallest absolute Gasteiger partial charge is 0.187 e. The van der Waals surface area contributed by atoms with Crippen LogP contribution in [-0.2, 0) is 0 Å². The number of para-hydroxylation sites is 1. The fraction of sp³-hybridized carbons (Fsp3) is 0. The second-order valence-corrected chi connectivity index (χ2v) is 4.50. The van der Waals surface area contributed by atoms with E-state index < -0.39 is 0 Å². The zero-order chi connectivity index (χ0) is 13.9. The summed E-state index contributed by atoms with van der Waals surface area (Å²) in [5.74, 6) is -0.364. The molecule has 20 heavy (non-hydrogen) atoms. The summed E-state index contributed by atoms with van der Waals surface area (Å²) in [6.45, 7) is 0. The molecule has 1 N–H and O–H groups in total. The van der Waals surface area contributed by atoms with Crippen molar-refractivity contribution >= 4 is 22.8 Å². The van der Waals surface area contributed by atoms with Crippen molar-refractivity contribution in [2.45, 2.75) is 0 Å². The van der Waals surface area contributed by atoms with Crippen molar-refractivity contribution in [3.05, 3.63) is 77.7 Å². The molecule has 0 bridgehead atoms. The Hall–Kier alpha value is -2.68. The topological polar surface area (TPSA) is 32.9 Å². The molecule has 1 heterocycles. The Morgan fingerprint density at radius 3 is 2.60 bits per heavy atom. The van der Waals surface area contributed by atoms with Gasteiger partial charge in [-0.2, -0.15) is 0 Å². The van der Waals surface area contributed by atoms with E-state index in [0.29, 0.717) is 5.56 Å². The predicted molar refractivity (Wildman–Crippen MR) is 78.1 cm³/mol. The number of hydrogen-bond acceptors (Lipinski definition) is 1. The number of benzene rings is 2. The van der Waals surface area contributed by atoms with Crippen molar-refractivity contribution < 1.29 is 9.18 Å². The number of fused-ring (bicyclic) bond motifs is 1. The van der Waals surface area contributed by atoms with Gasteiger partial charge >= 0.3 is 0 Å². The number of carbonyl (C=O) groups excluding carboxylic acids is 1. The molecule has 0 spiro atoms. The summed E-state index contributed by atoms with van der Waals surface area (Å²) in [6.07, 6.45) is 4.90. The second kappa shape index (κ2) is 5.13. The lowest BCUT2D eigenvalue weighted by Crippen LogP contribution is -1.92. The van der Waals surface area contributed by atoms with E-state index in [0.717, 1.165) is 16.5 Å². The van der Waals surface area contributed by atoms with Crippen LogP contribution in [0.5, 0.6) is 0 Å². The van der Waals surface area contributed by atoms with Crippen LogP contribution < -0.4 is 0 Å². The number of aromatic nitrogens is 1. The number of carbonyl (C=O) groups is 1. The van der Waals surface area contributed by atoms with Gasteiger partial charge in [-0.25, -0.2) is 4.39 Å². The molecule has 2 nitrogen and oxygen atoms in total. The summed E-state index contributed by atoms with van der Waals surface area (Å²) in [5, 5.41) is 0.904. The fourth-order valence-electron chi connectivity index (χ4n) is 2.11. The van der Waals surface area contributed by atoms with Gasteiger partial charge in [0, 0.05) is 22.7 Å². The highest BCUT2D eigenvalue weighted by atomic mass is 19.1. The lowest BCUT2D eigenvalue weighted by Gasteiger charge is -1.94. The molecular weight excluding hydrogens is 253 g/mol. The maximum absolute atomic E-state index is 12.8. The summed E-state index contributed by atoms with van der Waals surface area (Å²) in [7, 11) is 0. The first-order valence-corrected chi connectivity index (χ1v) is 6.28. The highest BCUT2D eigenvalue weighted by molar-refractivity contribution is 6.14. The Balaban J connectivity index is 1.87. The molecule has 3 rings (SSSR count). The van der Waals surface area contributed by atoms with Gasteiger partial charge in [0.05, 0.1) is 0 Å². The molecule has 98 valence electrons. The van der Waals surface area contributed by atoms with E-state index in [-0.39, 0.29) is 11.6 Å². The first kappa shape index (κ1) is 12.4. The van der Waals surface area contributed by atoms with Gasteiger partial charge < -0.3 is 4.98 Å². The molecule has 0 aliphatic heterocycles. The summed E-state index contributed by atoms with van der Waals surface area (Å²) < 4.78 is 12.8. The second-order valence-electron chi connectivity index (χ2n) is 4.50. The number of allylic oxidation sites excluding steroid dienone is 1. The molecule has 0 aliphatic carbocycles. The Morgan fingerprint density at radius 2 is 1.80 bits per heavy atom. The van der Waals surface area contributed by atoms with E-state index in [4.69, 9.17) is 0 Å². The van der Waals surface area contributed by atoms with E-state index in [2.05, 4.69) is 4.98 Å². The number of ketones is 1. The molecule has 1 aromatic heterocycles. The Morgan fingerprint density at radius 1 is 1.05 bits per heavy atom. The number of H-pyrrole nitrogens is 1. The number of aromatic amines is 1. The van der Waals surface area contributed by atoms with E-state index in [1.54, 1.807) is 24.4 Å². The van der Waals surface area contributed by atoms with Gasteiger partial charge in [-0.3, -0.25) is 4.79 Å². The third-order valence-corrected chi connectivity index (χ3v) is 3.15. The lowest BCUT2D eigenvalue weighted by atomic mass is 10.1. The van der Waals surface area contributed by atoms with Crippen molar-refractivity contribution in [3.8, 4) is 0 Å². The molecule has 3 aromatic rings. The maximum Gasteiger partial charge on any atom is 0.187 e. The maximum atomic E-state index is 12.8. The lowest BCUT2D eigenvalue weighted by molar-refractivity contribution is 0.104. The summed E-state index contributed by atoms with van der Waals surface area (Å²) in [4.78, 5) is 15.2. The van der Waals surface area contributed by atoms with Crippen LogP contribution in [0.4, 0.5) is 4.39 Å². The minimum Gasteiger partial charge on any atom is -0.360 e. The molecule has 2 aromatic carbocycles. The van der Waals surface area contributed by atoms with Crippen LogP contribution in [0.2, 0.25) is 0 Å². The van der Waals surface area contributed by atoms with Gasteiger partial charge in [-0.1, -0.05) is 36.4 Å². The molecule has 0 saturated heterocycles. The van der Waals surface area contributed by atoms with Crippen molar-refractivity contribution in [1.82, 2.24) is 4.98 Å². The monoisotopic (exact) mass is 265 g/mol. The fourth-order valence-corrected chi connectivity index (χ4v) is 2.11. The molecule has 0 amide bonds. The molecule has 0 radical (unpaired) electrons. The predicted octanol–water partition coefficient (Wildman–Crippen LogP) is 4.20. The Bertz CT molecular complexity index is 784. The highest BCUT2D eigenvalue weighted by Crippen LogP contribution is 2.18. The van der Waals surface area contributed by atoms with Crippen LogP contribution in [0.1, 0.15) is 15.9 Å². The van der Waals surface area contributed by atoms with Crippen LogP contribution in [0.25, 0.3) is 17.0 Å². The molecule has 0 unspecified atom stereocenters. The van der Waals surface area contributed by atoms with Gasteiger partial charge in [0.2, 0.25) is 0 Å². The van der Waals surface area contributed by atoms with Crippen LogP contribution in [0, 0.1) is 5.82 Å². The zero-order valence-electron chi connectivity index (χ0n) is 10.6. The first-order chi connectivity index (χ1) is 9.74. The van der Waals surface area contributed by atoms with Crippen LogP contribution in [0.15, 0.2) is 60.8 Å². The standard InChI is InChI=1S/C17H12FNO/c18-13-8-5-12(6-9-13)7-10-17(20)15-11-19-16-4-2-1-3-14(15)16/h1-11,19H/b10-7+. The van der Waals surface area contributed by atoms with E-state index in [1.807, 2.05) is 24.3 Å². The van der Waals surface area contributed by atoms with Gasteiger partial charge in [-0.05, 0) is 29.8 Å². The molecular formula is C17H12FNO. The van der Waals surface area contributed by atoms with Crippen molar-refractivity contribution in [1.29, 1.82) is 0 Å². The first-order valence-electron chi connectivity index (χ1n) is 6.28. The third kappa shape index (κ3) is 2.38. The molecule has 0 fully saturated rings. The largest absolute Gasteiger partial charge is 0.360 e. The van der Waals surface area contributed by atoms with Crippen molar-refractivity contribution in [2.24, 2.45) is 0 Å². The number of hydrogen-bond donors (Lipinski definition) is 1. The van der Waals surface area contributed by atoms with E-state index >= 15 is 0 Å².